The molecule has 0 aliphatic carbocycles. The maximum Gasteiger partial charge on any atom is 0.573 e. The fourth-order valence-corrected chi connectivity index (χ4v) is 3.75. The van der Waals surface area contributed by atoms with Gasteiger partial charge in [0.15, 0.2) is 6.10 Å². The number of rotatable bonds is 9. The summed E-state index contributed by atoms with van der Waals surface area (Å²) in [4.78, 5) is 36.5. The monoisotopic (exact) mass is 556 g/mol. The maximum atomic E-state index is 12.9. The molecular formula is C24H27F3N4O8. The molecule has 0 aromatic heterocycles. The molecule has 0 bridgehead atoms. The van der Waals surface area contributed by atoms with Gasteiger partial charge in [-0.25, -0.2) is 10.6 Å². The predicted octanol–water partition coefficient (Wildman–Crippen LogP) is 1.69. The molecule has 12 nitrogen and oxygen atoms in total. The minimum absolute atomic E-state index is 0.00309. The Bertz CT molecular complexity index is 1190. The molecule has 1 aliphatic heterocycles. The highest BCUT2D eigenvalue weighted by molar-refractivity contribution is 6.00. The lowest BCUT2D eigenvalue weighted by Gasteiger charge is -2.31. The van der Waals surface area contributed by atoms with Crippen LogP contribution in [0.3, 0.4) is 0 Å². The molecule has 0 radical (unpaired) electrons. The van der Waals surface area contributed by atoms with E-state index >= 15 is 0 Å². The minimum Gasteiger partial charge on any atom is -0.479 e. The minimum atomic E-state index is -4.83. The first kappa shape index (κ1) is 29.5. The first-order valence-corrected chi connectivity index (χ1v) is 11.6. The lowest BCUT2D eigenvalue weighted by Crippen LogP contribution is -2.45. The quantitative estimate of drug-likeness (QED) is 0.132. The van der Waals surface area contributed by atoms with Crippen LogP contribution in [0.1, 0.15) is 41.7 Å². The van der Waals surface area contributed by atoms with Crippen LogP contribution in [0.4, 0.5) is 18.9 Å². The molecule has 7 N–H and O–H groups in total. The van der Waals surface area contributed by atoms with Crippen LogP contribution in [0.5, 0.6) is 11.5 Å². The van der Waals surface area contributed by atoms with Gasteiger partial charge in [0.1, 0.15) is 18.0 Å². The fraction of sp³-hybridized carbons (Fsp3) is 0.375. The van der Waals surface area contributed by atoms with E-state index in [1.165, 1.54) is 30.3 Å². The Hall–Kier alpha value is -4.08. The molecule has 1 heterocycles. The van der Waals surface area contributed by atoms with Crippen molar-refractivity contribution in [3.63, 3.8) is 0 Å². The Kier molecular flexibility index (Phi) is 9.21. The van der Waals surface area contributed by atoms with E-state index in [0.29, 0.717) is 10.6 Å². The summed E-state index contributed by atoms with van der Waals surface area (Å²) < 4.78 is 51.7. The van der Waals surface area contributed by atoms with Gasteiger partial charge in [0.25, 0.3) is 5.91 Å². The van der Waals surface area contributed by atoms with E-state index in [-0.39, 0.29) is 29.8 Å². The molecule has 2 aromatic rings. The highest BCUT2D eigenvalue weighted by Gasteiger charge is 2.34. The SMILES string of the molecule is C[C@H](NC(=O)CN(N)C(=O)c1cc(O[C@H]2C[C@@H](O)C[C@@H](C(=O)O)O2)ccc1N)c1ccc(OC(F)(F)F)cc1. The highest BCUT2D eigenvalue weighted by atomic mass is 19.4. The van der Waals surface area contributed by atoms with Crippen LogP contribution >= 0.6 is 0 Å². The van der Waals surface area contributed by atoms with E-state index in [1.807, 2.05) is 0 Å². The number of benzene rings is 2. The van der Waals surface area contributed by atoms with Crippen molar-refractivity contribution in [1.82, 2.24) is 10.3 Å². The molecule has 0 spiro atoms. The number of hydrogen-bond donors (Lipinski definition) is 5. The molecule has 0 unspecified atom stereocenters. The smallest absolute Gasteiger partial charge is 0.479 e. The number of aliphatic carboxylic acids is 1. The van der Waals surface area contributed by atoms with E-state index in [9.17, 15) is 32.7 Å². The standard InChI is InChI=1S/C24H27F3N4O8/c1-12(13-2-4-15(5-3-13)39-24(25,26)27)30-20(33)11-31(29)22(34)17-10-16(6-7-18(17)28)37-21-9-14(32)8-19(38-21)23(35)36/h2-7,10,12,14,19,21,32H,8-9,11,28-29H2,1H3,(H,30,33)(H,35,36)/t12-,14-,19-,21+/m0/s1. The molecule has 1 aliphatic rings. The van der Waals surface area contributed by atoms with Gasteiger partial charge in [-0.15, -0.1) is 13.2 Å². The number of hydrogen-bond acceptors (Lipinski definition) is 9. The lowest BCUT2D eigenvalue weighted by molar-refractivity contribution is -0.274. The maximum absolute atomic E-state index is 12.9. The summed E-state index contributed by atoms with van der Waals surface area (Å²) in [5.41, 5.74) is 6.28. The average Bonchev–Trinajstić information content (AvgIpc) is 2.83. The molecular weight excluding hydrogens is 529 g/mol. The molecule has 39 heavy (non-hydrogen) atoms. The number of nitrogens with zero attached hydrogens (tertiary/aromatic N) is 1. The van der Waals surface area contributed by atoms with E-state index in [0.717, 1.165) is 12.1 Å². The van der Waals surface area contributed by atoms with Gasteiger partial charge in [0.05, 0.1) is 17.7 Å². The summed E-state index contributed by atoms with van der Waals surface area (Å²) in [5.74, 6) is 2.71. The van der Waals surface area contributed by atoms with E-state index in [1.54, 1.807) is 6.92 Å². The van der Waals surface area contributed by atoms with E-state index < -0.39 is 61.0 Å². The number of halogens is 3. The second kappa shape index (κ2) is 12.2. The number of nitrogens with two attached hydrogens (primary N) is 2. The Morgan fingerprint density at radius 2 is 1.79 bits per heavy atom. The summed E-state index contributed by atoms with van der Waals surface area (Å²) in [6.45, 7) is 0.999. The zero-order chi connectivity index (χ0) is 28.9. The Labute approximate surface area is 220 Å². The normalized spacial score (nSPS) is 20.0. The van der Waals surface area contributed by atoms with E-state index in [2.05, 4.69) is 10.1 Å². The van der Waals surface area contributed by atoms with Gasteiger partial charge in [-0.2, -0.15) is 0 Å². The number of anilines is 1. The van der Waals surface area contributed by atoms with Crippen LogP contribution in [-0.2, 0) is 14.3 Å². The van der Waals surface area contributed by atoms with Gasteiger partial charge >= 0.3 is 12.3 Å². The summed E-state index contributed by atoms with van der Waals surface area (Å²) in [6.07, 6.45) is -8.26. The van der Waals surface area contributed by atoms with Crippen molar-refractivity contribution in [3.8, 4) is 11.5 Å². The zero-order valence-corrected chi connectivity index (χ0v) is 20.6. The van der Waals surface area contributed by atoms with Crippen LogP contribution < -0.4 is 26.4 Å². The first-order chi connectivity index (χ1) is 18.2. The van der Waals surface area contributed by atoms with Crippen LogP contribution in [0, 0.1) is 0 Å². The van der Waals surface area contributed by atoms with E-state index in [4.69, 9.17) is 26.2 Å². The van der Waals surface area contributed by atoms with Gasteiger partial charge in [-0.3, -0.25) is 14.6 Å². The molecule has 0 saturated carbocycles. The second-order valence-corrected chi connectivity index (χ2v) is 8.72. The van der Waals surface area contributed by atoms with Crippen LogP contribution in [0.25, 0.3) is 0 Å². The van der Waals surface area contributed by atoms with Crippen molar-refractivity contribution in [3.05, 3.63) is 53.6 Å². The average molecular weight is 556 g/mol. The predicted molar refractivity (Wildman–Crippen MR) is 128 cm³/mol. The number of carbonyl (C=O) groups excluding carboxylic acids is 2. The molecule has 2 aromatic carbocycles. The molecule has 212 valence electrons. The molecule has 15 heteroatoms. The largest absolute Gasteiger partial charge is 0.573 e. The van der Waals surface area contributed by atoms with Gasteiger partial charge in [-0.1, -0.05) is 12.1 Å². The number of nitrogen functional groups attached to an aromatic ring is 1. The molecule has 1 saturated heterocycles. The third-order valence-electron chi connectivity index (χ3n) is 5.63. The van der Waals surface area contributed by atoms with Crippen LogP contribution in [-0.4, -0.2) is 64.4 Å². The Morgan fingerprint density at radius 1 is 1.15 bits per heavy atom. The number of aliphatic hydroxyl groups excluding tert-OH is 1. The topological polar surface area (TPSA) is 187 Å². The number of ether oxygens (including phenoxy) is 3. The zero-order valence-electron chi connectivity index (χ0n) is 20.6. The van der Waals surface area contributed by atoms with Crippen molar-refractivity contribution in [1.29, 1.82) is 0 Å². The molecule has 1 fully saturated rings. The number of alkyl halides is 3. The van der Waals surface area contributed by atoms with Crippen molar-refractivity contribution in [2.75, 3.05) is 12.3 Å². The number of aliphatic hydroxyl groups is 1. The number of carboxylic acid groups (broad SMARTS) is 1. The van der Waals surface area contributed by atoms with Crippen molar-refractivity contribution < 1.29 is 52.0 Å². The van der Waals surface area contributed by atoms with Crippen molar-refractivity contribution >= 4 is 23.5 Å². The third-order valence-corrected chi connectivity index (χ3v) is 5.63. The van der Waals surface area contributed by atoms with Crippen LogP contribution in [0.15, 0.2) is 42.5 Å². The second-order valence-electron chi connectivity index (χ2n) is 8.72. The fourth-order valence-electron chi connectivity index (χ4n) is 3.75. The van der Waals surface area contributed by atoms with Gasteiger partial charge in [0.2, 0.25) is 12.2 Å². The summed E-state index contributed by atoms with van der Waals surface area (Å²) in [5, 5.41) is 22.2. The van der Waals surface area contributed by atoms with Crippen LogP contribution in [0.2, 0.25) is 0 Å². The summed E-state index contributed by atoms with van der Waals surface area (Å²) in [7, 11) is 0. The molecule has 3 rings (SSSR count). The first-order valence-electron chi connectivity index (χ1n) is 11.6. The Balaban J connectivity index is 1.59. The third kappa shape index (κ3) is 8.46. The summed E-state index contributed by atoms with van der Waals surface area (Å²) in [6, 6.07) is 8.25. The number of carbonyl (C=O) groups is 3. The number of hydrazine groups is 1. The summed E-state index contributed by atoms with van der Waals surface area (Å²) >= 11 is 0. The van der Waals surface area contributed by atoms with Crippen molar-refractivity contribution in [2.24, 2.45) is 5.84 Å². The van der Waals surface area contributed by atoms with Gasteiger partial charge in [-0.05, 0) is 42.8 Å². The Morgan fingerprint density at radius 3 is 2.41 bits per heavy atom. The highest BCUT2D eigenvalue weighted by Crippen LogP contribution is 2.27. The number of carboxylic acids is 1. The molecule has 2 amide bonds. The number of nitrogens with one attached hydrogen (secondary N) is 1. The number of amides is 2. The van der Waals surface area contributed by atoms with Gasteiger partial charge in [0, 0.05) is 18.5 Å². The lowest BCUT2D eigenvalue weighted by atomic mass is 10.1. The van der Waals surface area contributed by atoms with Gasteiger partial charge < -0.3 is 35.5 Å². The molecule has 4 atom stereocenters. The van der Waals surface area contributed by atoms with Crippen molar-refractivity contribution in [2.45, 2.75) is 50.7 Å².